The highest BCUT2D eigenvalue weighted by molar-refractivity contribution is 6.69. The molecule has 0 aromatic heterocycles. The zero-order valence-corrected chi connectivity index (χ0v) is 13.2. The number of ether oxygens (including phenoxy) is 2. The Hall–Kier alpha value is -1.33. The molecule has 4 nitrogen and oxygen atoms in total. The van der Waals surface area contributed by atoms with E-state index in [1.165, 1.54) is 0 Å². The standard InChI is InChI=1S/C14H22O4Si/c1-6-17-14(15)13(18-19(3,4)5)11-9-7-8-10-12(11)16-2/h7-10,13H,6H2,1-5H3/t13-/m0/s1. The maximum absolute atomic E-state index is 12.1. The first kappa shape index (κ1) is 15.7. The Bertz CT molecular complexity index is 426. The van der Waals surface area contributed by atoms with Crippen LogP contribution in [0.25, 0.3) is 0 Å². The van der Waals surface area contributed by atoms with Gasteiger partial charge < -0.3 is 13.9 Å². The quantitative estimate of drug-likeness (QED) is 0.594. The van der Waals surface area contributed by atoms with Crippen LogP contribution in [0.5, 0.6) is 5.75 Å². The van der Waals surface area contributed by atoms with E-state index in [1.807, 2.05) is 43.9 Å². The summed E-state index contributed by atoms with van der Waals surface area (Å²) < 4.78 is 16.4. The lowest BCUT2D eigenvalue weighted by Crippen LogP contribution is -2.32. The van der Waals surface area contributed by atoms with Gasteiger partial charge in [0.1, 0.15) is 5.75 Å². The SMILES string of the molecule is CCOC(=O)[C@@H](O[Si](C)(C)C)c1ccccc1OC. The van der Waals surface area contributed by atoms with Crippen molar-refractivity contribution in [1.82, 2.24) is 0 Å². The van der Waals surface area contributed by atoms with Gasteiger partial charge in [0.15, 0.2) is 14.4 Å². The molecule has 1 aromatic carbocycles. The predicted molar refractivity (Wildman–Crippen MR) is 76.8 cm³/mol. The predicted octanol–water partition coefficient (Wildman–Crippen LogP) is 3.15. The maximum Gasteiger partial charge on any atom is 0.338 e. The van der Waals surface area contributed by atoms with Gasteiger partial charge in [-0.15, -0.1) is 0 Å². The third kappa shape index (κ3) is 4.68. The van der Waals surface area contributed by atoms with Crippen LogP contribution in [0.15, 0.2) is 24.3 Å². The normalized spacial score (nSPS) is 12.9. The summed E-state index contributed by atoms with van der Waals surface area (Å²) in [4.78, 5) is 12.1. The number of hydrogen-bond acceptors (Lipinski definition) is 4. The summed E-state index contributed by atoms with van der Waals surface area (Å²) >= 11 is 0. The summed E-state index contributed by atoms with van der Waals surface area (Å²) in [5.74, 6) is 0.272. The van der Waals surface area contributed by atoms with E-state index < -0.39 is 14.4 Å². The summed E-state index contributed by atoms with van der Waals surface area (Å²) in [6, 6.07) is 7.37. The molecule has 5 heteroatoms. The number of hydrogen-bond donors (Lipinski definition) is 0. The Morgan fingerprint density at radius 1 is 1.26 bits per heavy atom. The minimum Gasteiger partial charge on any atom is -0.496 e. The van der Waals surface area contributed by atoms with Gasteiger partial charge in [-0.2, -0.15) is 0 Å². The minimum atomic E-state index is -1.89. The van der Waals surface area contributed by atoms with Crippen LogP contribution in [-0.2, 0) is 14.0 Å². The summed E-state index contributed by atoms with van der Waals surface area (Å²) in [5, 5.41) is 0. The van der Waals surface area contributed by atoms with Crippen molar-refractivity contribution in [3.63, 3.8) is 0 Å². The lowest BCUT2D eigenvalue weighted by molar-refractivity contribution is -0.152. The Morgan fingerprint density at radius 3 is 2.42 bits per heavy atom. The molecule has 0 saturated carbocycles. The topological polar surface area (TPSA) is 44.8 Å². The zero-order valence-electron chi connectivity index (χ0n) is 12.2. The second-order valence-electron chi connectivity index (χ2n) is 5.10. The van der Waals surface area contributed by atoms with E-state index in [0.717, 1.165) is 0 Å². The fraction of sp³-hybridized carbons (Fsp3) is 0.500. The Balaban J connectivity index is 3.11. The number of carbonyl (C=O) groups is 1. The Labute approximate surface area is 115 Å². The van der Waals surface area contributed by atoms with Crippen molar-refractivity contribution in [3.05, 3.63) is 29.8 Å². The fourth-order valence-electron chi connectivity index (χ4n) is 1.69. The van der Waals surface area contributed by atoms with Crippen molar-refractivity contribution in [2.75, 3.05) is 13.7 Å². The lowest BCUT2D eigenvalue weighted by atomic mass is 10.1. The highest BCUT2D eigenvalue weighted by Gasteiger charge is 2.31. The molecule has 0 unspecified atom stereocenters. The van der Waals surface area contributed by atoms with Gasteiger partial charge in [0.05, 0.1) is 13.7 Å². The molecule has 0 aliphatic rings. The van der Waals surface area contributed by atoms with E-state index in [1.54, 1.807) is 14.0 Å². The highest BCUT2D eigenvalue weighted by Crippen LogP contribution is 2.30. The van der Waals surface area contributed by atoms with Crippen molar-refractivity contribution in [2.24, 2.45) is 0 Å². The van der Waals surface area contributed by atoms with E-state index in [0.29, 0.717) is 17.9 Å². The van der Waals surface area contributed by atoms with Gasteiger partial charge in [-0.25, -0.2) is 4.79 Å². The monoisotopic (exact) mass is 282 g/mol. The fourth-order valence-corrected chi connectivity index (χ4v) is 2.62. The molecular formula is C14H22O4Si. The van der Waals surface area contributed by atoms with E-state index in [-0.39, 0.29) is 5.97 Å². The summed E-state index contributed by atoms with van der Waals surface area (Å²) in [6.07, 6.45) is -0.720. The number of benzene rings is 1. The average Bonchev–Trinajstić information content (AvgIpc) is 2.35. The first-order chi connectivity index (χ1) is 8.89. The number of methoxy groups -OCH3 is 1. The molecule has 1 rings (SSSR count). The molecule has 0 spiro atoms. The van der Waals surface area contributed by atoms with Crippen LogP contribution in [0.3, 0.4) is 0 Å². The molecule has 0 radical (unpaired) electrons. The second kappa shape index (κ2) is 6.72. The van der Waals surface area contributed by atoms with Gasteiger partial charge in [0.25, 0.3) is 0 Å². The van der Waals surface area contributed by atoms with Crippen molar-refractivity contribution >= 4 is 14.3 Å². The second-order valence-corrected chi connectivity index (χ2v) is 9.56. The third-order valence-electron chi connectivity index (χ3n) is 2.39. The van der Waals surface area contributed by atoms with Crippen LogP contribution in [0.4, 0.5) is 0 Å². The zero-order chi connectivity index (χ0) is 14.5. The molecule has 0 amide bonds. The molecule has 0 aliphatic carbocycles. The first-order valence-electron chi connectivity index (χ1n) is 6.36. The molecule has 106 valence electrons. The Kier molecular flexibility index (Phi) is 5.56. The van der Waals surface area contributed by atoms with Gasteiger partial charge >= 0.3 is 5.97 Å². The summed E-state index contributed by atoms with van der Waals surface area (Å²) in [7, 11) is -0.308. The average molecular weight is 282 g/mol. The van der Waals surface area contributed by atoms with Crippen LogP contribution in [0, 0.1) is 0 Å². The van der Waals surface area contributed by atoms with Crippen LogP contribution in [0.1, 0.15) is 18.6 Å². The molecule has 0 saturated heterocycles. The van der Waals surface area contributed by atoms with Crippen LogP contribution in [-0.4, -0.2) is 28.0 Å². The summed E-state index contributed by atoms with van der Waals surface area (Å²) in [5.41, 5.74) is 0.714. The van der Waals surface area contributed by atoms with Crippen molar-refractivity contribution < 1.29 is 18.7 Å². The Morgan fingerprint density at radius 2 is 1.89 bits per heavy atom. The van der Waals surface area contributed by atoms with Crippen LogP contribution >= 0.6 is 0 Å². The number of para-hydroxylation sites is 1. The minimum absolute atomic E-state index is 0.333. The van der Waals surface area contributed by atoms with Gasteiger partial charge in [-0.05, 0) is 32.6 Å². The van der Waals surface area contributed by atoms with E-state index >= 15 is 0 Å². The molecule has 1 atom stereocenters. The first-order valence-corrected chi connectivity index (χ1v) is 9.77. The molecule has 19 heavy (non-hydrogen) atoms. The van der Waals surface area contributed by atoms with Crippen molar-refractivity contribution in [2.45, 2.75) is 32.7 Å². The van der Waals surface area contributed by atoms with Gasteiger partial charge in [0, 0.05) is 5.56 Å². The smallest absolute Gasteiger partial charge is 0.338 e. The van der Waals surface area contributed by atoms with Crippen molar-refractivity contribution in [1.29, 1.82) is 0 Å². The molecule has 0 aliphatic heterocycles. The van der Waals surface area contributed by atoms with Gasteiger partial charge in [0.2, 0.25) is 0 Å². The molecule has 0 bridgehead atoms. The number of carbonyl (C=O) groups excluding carboxylic acids is 1. The molecule has 1 aromatic rings. The number of rotatable bonds is 6. The van der Waals surface area contributed by atoms with Crippen LogP contribution < -0.4 is 4.74 Å². The van der Waals surface area contributed by atoms with Crippen LogP contribution in [0.2, 0.25) is 19.6 Å². The maximum atomic E-state index is 12.1. The summed E-state index contributed by atoms with van der Waals surface area (Å²) in [6.45, 7) is 8.23. The van der Waals surface area contributed by atoms with E-state index in [9.17, 15) is 4.79 Å². The lowest BCUT2D eigenvalue weighted by Gasteiger charge is -2.26. The van der Waals surface area contributed by atoms with Gasteiger partial charge in [-0.1, -0.05) is 18.2 Å². The van der Waals surface area contributed by atoms with Crippen molar-refractivity contribution in [3.8, 4) is 5.75 Å². The molecule has 0 N–H and O–H groups in total. The van der Waals surface area contributed by atoms with E-state index in [4.69, 9.17) is 13.9 Å². The third-order valence-corrected chi connectivity index (χ3v) is 3.34. The molecule has 0 heterocycles. The number of esters is 1. The highest BCUT2D eigenvalue weighted by atomic mass is 28.4. The largest absolute Gasteiger partial charge is 0.496 e. The van der Waals surface area contributed by atoms with E-state index in [2.05, 4.69) is 0 Å². The molecular weight excluding hydrogens is 260 g/mol. The molecule has 0 fully saturated rings. The van der Waals surface area contributed by atoms with Gasteiger partial charge in [-0.3, -0.25) is 0 Å².